The number of nitro groups is 1. The second kappa shape index (κ2) is 10.5. The number of rotatable bonds is 6. The van der Waals surface area contributed by atoms with Crippen molar-refractivity contribution in [2.75, 3.05) is 6.61 Å². The van der Waals surface area contributed by atoms with Gasteiger partial charge in [0.25, 0.3) is 5.56 Å². The molecule has 12 heteroatoms. The van der Waals surface area contributed by atoms with Gasteiger partial charge in [0.15, 0.2) is 5.82 Å². The van der Waals surface area contributed by atoms with Gasteiger partial charge in [0.1, 0.15) is 0 Å². The first-order chi connectivity index (χ1) is 18.2. The topological polar surface area (TPSA) is 99.6 Å². The van der Waals surface area contributed by atoms with Crippen LogP contribution < -0.4 is 10.3 Å². The van der Waals surface area contributed by atoms with Crippen LogP contribution in [0.2, 0.25) is 5.02 Å². The normalized spacial score (nSPS) is 12.3. The number of aromatic nitrogens is 2. The lowest BCUT2D eigenvalue weighted by atomic mass is 9.98. The Morgan fingerprint density at radius 3 is 2.49 bits per heavy atom. The third-order valence-corrected chi connectivity index (χ3v) is 5.64. The molecule has 0 atom stereocenters. The summed E-state index contributed by atoms with van der Waals surface area (Å²) >= 11 is 6.13. The second-order valence-electron chi connectivity index (χ2n) is 9.84. The van der Waals surface area contributed by atoms with Crippen LogP contribution in [0.1, 0.15) is 31.9 Å². The summed E-state index contributed by atoms with van der Waals surface area (Å²) in [7, 11) is 0. The number of nitro benzene ring substituents is 1. The van der Waals surface area contributed by atoms with Crippen LogP contribution in [0.25, 0.3) is 22.3 Å². The molecule has 0 aliphatic heterocycles. The van der Waals surface area contributed by atoms with Crippen molar-refractivity contribution in [3.8, 4) is 17.1 Å². The number of para-hydroxylation sites is 1. The SMILES string of the molecule is CC(C)(C)COc1c(C=Nn2c(-c3cccc(C(F)(F)F)c3)nc3ccccc3c2=O)cc(Cl)cc1[N+](=O)[O-]. The Labute approximate surface area is 225 Å². The summed E-state index contributed by atoms with van der Waals surface area (Å²) in [5.41, 5.74) is -2.00. The van der Waals surface area contributed by atoms with Gasteiger partial charge < -0.3 is 4.74 Å². The van der Waals surface area contributed by atoms with E-state index in [1.54, 1.807) is 18.2 Å². The maximum absolute atomic E-state index is 13.4. The third-order valence-electron chi connectivity index (χ3n) is 5.42. The summed E-state index contributed by atoms with van der Waals surface area (Å²) in [5, 5.41) is 16.2. The zero-order valence-corrected chi connectivity index (χ0v) is 21.7. The molecule has 0 aliphatic carbocycles. The molecule has 4 aromatic rings. The maximum Gasteiger partial charge on any atom is 0.416 e. The van der Waals surface area contributed by atoms with Gasteiger partial charge in [-0.15, -0.1) is 0 Å². The highest BCUT2D eigenvalue weighted by atomic mass is 35.5. The van der Waals surface area contributed by atoms with Gasteiger partial charge in [0.05, 0.1) is 34.2 Å². The Hall–Kier alpha value is -4.25. The van der Waals surface area contributed by atoms with E-state index in [2.05, 4.69) is 10.1 Å². The van der Waals surface area contributed by atoms with Gasteiger partial charge in [0, 0.05) is 22.2 Å². The average Bonchev–Trinajstić information content (AvgIpc) is 2.86. The van der Waals surface area contributed by atoms with Crippen LogP contribution in [-0.4, -0.2) is 27.4 Å². The molecule has 4 rings (SSSR count). The van der Waals surface area contributed by atoms with E-state index in [-0.39, 0.29) is 50.6 Å². The predicted molar refractivity (Wildman–Crippen MR) is 142 cm³/mol. The number of hydrogen-bond donors (Lipinski definition) is 0. The Kier molecular flexibility index (Phi) is 7.47. The van der Waals surface area contributed by atoms with Gasteiger partial charge in [-0.2, -0.15) is 22.9 Å². The molecule has 1 heterocycles. The van der Waals surface area contributed by atoms with Crippen molar-refractivity contribution in [2.45, 2.75) is 26.9 Å². The zero-order chi connectivity index (χ0) is 28.5. The maximum atomic E-state index is 13.4. The first-order valence-corrected chi connectivity index (χ1v) is 12.0. The summed E-state index contributed by atoms with van der Waals surface area (Å²) < 4.78 is 46.9. The van der Waals surface area contributed by atoms with Crippen molar-refractivity contribution < 1.29 is 22.8 Å². The van der Waals surface area contributed by atoms with E-state index in [4.69, 9.17) is 16.3 Å². The summed E-state index contributed by atoms with van der Waals surface area (Å²) in [6.07, 6.45) is -3.49. The molecule has 0 spiro atoms. The van der Waals surface area contributed by atoms with Crippen molar-refractivity contribution in [3.05, 3.63) is 97.3 Å². The molecule has 0 fully saturated rings. The molecule has 1 aromatic heterocycles. The van der Waals surface area contributed by atoms with Crippen LogP contribution in [-0.2, 0) is 6.18 Å². The van der Waals surface area contributed by atoms with E-state index in [1.165, 1.54) is 24.3 Å². The number of ether oxygens (including phenoxy) is 1. The predicted octanol–water partition coefficient (Wildman–Crippen LogP) is 6.95. The Balaban J connectivity index is 1.94. The fraction of sp³-hybridized carbons (Fsp3) is 0.222. The van der Waals surface area contributed by atoms with Gasteiger partial charge in [-0.3, -0.25) is 14.9 Å². The molecule has 39 heavy (non-hydrogen) atoms. The molecule has 0 amide bonds. The molecule has 8 nitrogen and oxygen atoms in total. The largest absolute Gasteiger partial charge is 0.486 e. The highest BCUT2D eigenvalue weighted by molar-refractivity contribution is 6.31. The van der Waals surface area contributed by atoms with Crippen molar-refractivity contribution >= 4 is 34.4 Å². The van der Waals surface area contributed by atoms with E-state index in [1.807, 2.05) is 20.8 Å². The number of alkyl halides is 3. The van der Waals surface area contributed by atoms with Gasteiger partial charge in [-0.25, -0.2) is 4.98 Å². The van der Waals surface area contributed by atoms with Gasteiger partial charge in [0.2, 0.25) is 5.75 Å². The second-order valence-corrected chi connectivity index (χ2v) is 10.3. The molecule has 3 aromatic carbocycles. The zero-order valence-electron chi connectivity index (χ0n) is 21.0. The van der Waals surface area contributed by atoms with E-state index in [9.17, 15) is 28.1 Å². The van der Waals surface area contributed by atoms with Crippen molar-refractivity contribution in [3.63, 3.8) is 0 Å². The lowest BCUT2D eigenvalue weighted by Crippen LogP contribution is -2.21. The summed E-state index contributed by atoms with van der Waals surface area (Å²) in [4.78, 5) is 28.9. The molecule has 0 saturated heterocycles. The minimum Gasteiger partial charge on any atom is -0.486 e. The summed E-state index contributed by atoms with van der Waals surface area (Å²) in [6, 6.07) is 13.2. The van der Waals surface area contributed by atoms with E-state index in [0.29, 0.717) is 0 Å². The van der Waals surface area contributed by atoms with E-state index in [0.717, 1.165) is 29.1 Å². The monoisotopic (exact) mass is 558 g/mol. The van der Waals surface area contributed by atoms with Crippen molar-refractivity contribution in [2.24, 2.45) is 10.5 Å². The molecule has 0 N–H and O–H groups in total. The highest BCUT2D eigenvalue weighted by Gasteiger charge is 2.31. The van der Waals surface area contributed by atoms with Gasteiger partial charge in [-0.1, -0.05) is 56.6 Å². The van der Waals surface area contributed by atoms with Crippen LogP contribution in [0.15, 0.2) is 70.6 Å². The smallest absolute Gasteiger partial charge is 0.416 e. The lowest BCUT2D eigenvalue weighted by molar-refractivity contribution is -0.385. The lowest BCUT2D eigenvalue weighted by Gasteiger charge is -2.19. The molecule has 0 radical (unpaired) electrons. The molecular weight excluding hydrogens is 537 g/mol. The van der Waals surface area contributed by atoms with E-state index < -0.39 is 27.9 Å². The first kappa shape index (κ1) is 27.8. The fourth-order valence-corrected chi connectivity index (χ4v) is 3.87. The van der Waals surface area contributed by atoms with Crippen molar-refractivity contribution in [1.82, 2.24) is 9.66 Å². The number of nitrogens with zero attached hydrogens (tertiary/aromatic N) is 4. The molecular formula is C27H22ClF3N4O4. The molecule has 0 saturated carbocycles. The fourth-order valence-electron chi connectivity index (χ4n) is 3.65. The number of fused-ring (bicyclic) bond motifs is 1. The van der Waals surface area contributed by atoms with Gasteiger partial charge in [-0.05, 0) is 35.7 Å². The molecule has 0 bridgehead atoms. The van der Waals surface area contributed by atoms with Gasteiger partial charge >= 0.3 is 11.9 Å². The van der Waals surface area contributed by atoms with Crippen LogP contribution in [0.5, 0.6) is 5.75 Å². The minimum atomic E-state index is -4.62. The summed E-state index contributed by atoms with van der Waals surface area (Å²) in [6.45, 7) is 5.75. The van der Waals surface area contributed by atoms with Crippen molar-refractivity contribution in [1.29, 1.82) is 0 Å². The van der Waals surface area contributed by atoms with Crippen LogP contribution in [0.4, 0.5) is 18.9 Å². The molecule has 0 aliphatic rings. The quantitative estimate of drug-likeness (QED) is 0.145. The first-order valence-electron chi connectivity index (χ1n) is 11.6. The third kappa shape index (κ3) is 6.26. The number of benzene rings is 3. The standard InChI is InChI=1S/C27H22ClF3N4O4/c1-26(2,3)15-39-23-17(12-19(28)13-22(23)35(37)38)14-32-34-24(16-7-6-8-18(11-16)27(29,30)31)33-21-10-5-4-9-20(21)25(34)36/h4-14H,15H2,1-3H3. The Morgan fingerprint density at radius 2 is 1.82 bits per heavy atom. The van der Waals surface area contributed by atoms with Crippen LogP contribution in [0, 0.1) is 15.5 Å². The Morgan fingerprint density at radius 1 is 1.10 bits per heavy atom. The van der Waals surface area contributed by atoms with Crippen LogP contribution in [0.3, 0.4) is 0 Å². The Bertz CT molecular complexity index is 1660. The molecule has 0 unspecified atom stereocenters. The number of hydrogen-bond acceptors (Lipinski definition) is 6. The minimum absolute atomic E-state index is 0.00823. The summed E-state index contributed by atoms with van der Waals surface area (Å²) in [5.74, 6) is -0.278. The highest BCUT2D eigenvalue weighted by Crippen LogP contribution is 2.35. The molecule has 202 valence electrons. The van der Waals surface area contributed by atoms with Crippen LogP contribution >= 0.6 is 11.6 Å². The number of halogens is 4. The average molecular weight is 559 g/mol. The van der Waals surface area contributed by atoms with E-state index >= 15 is 0 Å².